The molecule has 2 aromatic rings. The third kappa shape index (κ3) is 13.5. The van der Waals surface area contributed by atoms with Gasteiger partial charge in [-0.1, -0.05) is 30.9 Å². The summed E-state index contributed by atoms with van der Waals surface area (Å²) in [7, 11) is -7.18. The van der Waals surface area contributed by atoms with Gasteiger partial charge >= 0.3 is 15.2 Å². The molecule has 18 heteroatoms. The number of hydrazone groups is 1. The molecule has 0 radical (unpaired) electrons. The first-order chi connectivity index (χ1) is 19.8. The van der Waals surface area contributed by atoms with Crippen LogP contribution in [0.15, 0.2) is 58.7 Å². The van der Waals surface area contributed by atoms with Gasteiger partial charge in [0.2, 0.25) is 0 Å². The van der Waals surface area contributed by atoms with Crippen LogP contribution in [0.5, 0.6) is 11.5 Å². The van der Waals surface area contributed by atoms with Gasteiger partial charge in [0.05, 0.1) is 13.1 Å². The number of hydrogen-bond donors (Lipinski definition) is 4. The van der Waals surface area contributed by atoms with Gasteiger partial charge < -0.3 is 29.0 Å². The van der Waals surface area contributed by atoms with Crippen molar-refractivity contribution < 1.29 is 38.2 Å². The molecule has 0 heterocycles. The second-order valence-corrected chi connectivity index (χ2v) is 17.2. The molecule has 4 N–H and O–H groups in total. The van der Waals surface area contributed by atoms with Crippen molar-refractivity contribution in [1.82, 2.24) is 9.68 Å². The van der Waals surface area contributed by atoms with Crippen LogP contribution in [0, 0.1) is 0 Å². The molecule has 0 bridgehead atoms. The molecule has 238 valence electrons. The minimum absolute atomic E-state index is 0.0503. The molecule has 0 aromatic heterocycles. The maximum absolute atomic E-state index is 11.4. The summed E-state index contributed by atoms with van der Waals surface area (Å²) in [6, 6.07) is 14.3. The van der Waals surface area contributed by atoms with Crippen LogP contribution >= 0.6 is 22.0 Å². The first-order valence-electron chi connectivity index (χ1n) is 13.1. The lowest BCUT2D eigenvalue weighted by Crippen LogP contribution is -2.30. The predicted octanol–water partition coefficient (Wildman–Crippen LogP) is 5.29. The van der Waals surface area contributed by atoms with Crippen molar-refractivity contribution in [2.24, 2.45) is 10.2 Å². The summed E-state index contributed by atoms with van der Waals surface area (Å²) >= 11 is 5.89. The van der Waals surface area contributed by atoms with Crippen molar-refractivity contribution in [2.45, 2.75) is 51.6 Å². The molecule has 0 aliphatic heterocycles. The van der Waals surface area contributed by atoms with Gasteiger partial charge in [0.1, 0.15) is 29.4 Å². The Balaban J connectivity index is 2.03. The van der Waals surface area contributed by atoms with Crippen LogP contribution in [0.4, 0.5) is 0 Å². The summed E-state index contributed by atoms with van der Waals surface area (Å²) in [5.74, 6) is 1.13. The lowest BCUT2D eigenvalue weighted by molar-refractivity contribution is 0.117. The Kier molecular flexibility index (Phi) is 13.4. The Labute approximate surface area is 257 Å². The van der Waals surface area contributed by atoms with Gasteiger partial charge in [-0.2, -0.15) is 5.10 Å². The van der Waals surface area contributed by atoms with E-state index in [-0.39, 0.29) is 6.54 Å². The molecule has 0 aliphatic carbocycles. The molecule has 0 aliphatic rings. The minimum atomic E-state index is -4.49. The normalized spacial score (nSPS) is 14.7. The Morgan fingerprint density at radius 2 is 1.49 bits per heavy atom. The molecular weight excluding hydrogens is 637 g/mol. The van der Waals surface area contributed by atoms with Gasteiger partial charge in [0, 0.05) is 18.5 Å². The van der Waals surface area contributed by atoms with Gasteiger partial charge in [-0.15, -0.1) is 0 Å². The van der Waals surface area contributed by atoms with E-state index < -0.39 is 45.7 Å². The Hall–Kier alpha value is -2.27. The molecule has 0 amide bonds. The maximum Gasteiger partial charge on any atom is 0.339 e. The number of azide groups is 1. The summed E-state index contributed by atoms with van der Waals surface area (Å²) in [6.07, 6.45) is 1.14. The zero-order valence-corrected chi connectivity index (χ0v) is 28.2. The zero-order valence-electron chi connectivity index (χ0n) is 24.6. The lowest BCUT2D eigenvalue weighted by Gasteiger charge is -2.34. The minimum Gasteiger partial charge on any atom is -0.482 e. The molecule has 0 saturated heterocycles. The van der Waals surface area contributed by atoms with Crippen LogP contribution in [0.2, 0.25) is 0 Å². The molecule has 0 spiro atoms. The van der Waals surface area contributed by atoms with E-state index in [2.05, 4.69) is 15.1 Å². The smallest absolute Gasteiger partial charge is 0.339 e. The highest BCUT2D eigenvalue weighted by atomic mass is 32.4. The van der Waals surface area contributed by atoms with E-state index in [0.717, 1.165) is 16.0 Å². The molecule has 2 unspecified atom stereocenters. The van der Waals surface area contributed by atoms with Gasteiger partial charge in [-0.25, -0.2) is 0 Å². The van der Waals surface area contributed by atoms with E-state index in [9.17, 15) is 28.7 Å². The number of rotatable bonds is 17. The Bertz CT molecular complexity index is 1390. The topological polar surface area (TPSA) is 201 Å². The zero-order chi connectivity index (χ0) is 32.5. The van der Waals surface area contributed by atoms with Crippen molar-refractivity contribution in [3.05, 3.63) is 70.1 Å². The van der Waals surface area contributed by atoms with E-state index in [4.69, 9.17) is 26.8 Å². The third-order valence-electron chi connectivity index (χ3n) is 6.09. The van der Waals surface area contributed by atoms with Crippen LogP contribution in [0.25, 0.3) is 10.4 Å². The quantitative estimate of drug-likeness (QED) is 0.0424. The van der Waals surface area contributed by atoms with Crippen LogP contribution in [0.1, 0.15) is 45.2 Å². The van der Waals surface area contributed by atoms with Crippen molar-refractivity contribution in [3.63, 3.8) is 0 Å². The maximum atomic E-state index is 11.4. The molecule has 2 rings (SSSR count). The van der Waals surface area contributed by atoms with Crippen LogP contribution in [-0.4, -0.2) is 72.7 Å². The summed E-state index contributed by atoms with van der Waals surface area (Å²) in [6.45, 7) is 5.54. The van der Waals surface area contributed by atoms with E-state index in [1.807, 2.05) is 26.0 Å². The highest BCUT2D eigenvalue weighted by Crippen LogP contribution is 2.45. The van der Waals surface area contributed by atoms with E-state index in [1.54, 1.807) is 68.3 Å². The second-order valence-electron chi connectivity index (χ2n) is 10.5. The van der Waals surface area contributed by atoms with E-state index in [1.165, 1.54) is 0 Å². The summed E-state index contributed by atoms with van der Waals surface area (Å²) in [5.41, 5.74) is 9.26. The lowest BCUT2D eigenvalue weighted by atomic mass is 10.1. The first-order valence-corrected chi connectivity index (χ1v) is 19.3. The Morgan fingerprint density at radius 1 is 0.977 bits per heavy atom. The number of nitrogens with zero attached hydrogens (tertiary/aromatic N) is 6. The van der Waals surface area contributed by atoms with Crippen molar-refractivity contribution >= 4 is 40.1 Å². The third-order valence-corrected chi connectivity index (χ3v) is 11.8. The average molecular weight is 677 g/mol. The van der Waals surface area contributed by atoms with Crippen molar-refractivity contribution in [3.8, 4) is 11.5 Å². The SMILES string of the molecule is CCC(C)(Oc1ccc(CCN(CP(=O)(O)O)CP(=O)(O)O)cc1)[PH](=S)N(C)/N=C/c1ccc(OC(C)(C)N=[N+]=[N-])cc1. The van der Waals surface area contributed by atoms with E-state index >= 15 is 0 Å². The molecule has 43 heavy (non-hydrogen) atoms. The van der Waals surface area contributed by atoms with Crippen LogP contribution in [-0.2, 0) is 27.4 Å². The highest BCUT2D eigenvalue weighted by molar-refractivity contribution is 8.04. The molecule has 14 nitrogen and oxygen atoms in total. The molecular formula is C25H39N6O8P3S. The number of hydrogen-bond acceptors (Lipinski definition) is 8. The van der Waals surface area contributed by atoms with Crippen molar-refractivity contribution in [2.75, 3.05) is 26.2 Å². The van der Waals surface area contributed by atoms with Gasteiger partial charge in [0.25, 0.3) is 0 Å². The van der Waals surface area contributed by atoms with Gasteiger partial charge in [0.15, 0.2) is 5.72 Å². The van der Waals surface area contributed by atoms with E-state index in [0.29, 0.717) is 24.3 Å². The fourth-order valence-electron chi connectivity index (χ4n) is 3.83. The molecule has 2 aromatic carbocycles. The van der Waals surface area contributed by atoms with Crippen LogP contribution in [0.3, 0.4) is 0 Å². The molecule has 0 saturated carbocycles. The predicted molar refractivity (Wildman–Crippen MR) is 171 cm³/mol. The summed E-state index contributed by atoms with van der Waals surface area (Å²) in [4.78, 5) is 40.9. The Morgan fingerprint density at radius 3 is 1.98 bits per heavy atom. The number of benzene rings is 2. The van der Waals surface area contributed by atoms with Crippen LogP contribution < -0.4 is 9.47 Å². The highest BCUT2D eigenvalue weighted by Gasteiger charge is 2.31. The summed E-state index contributed by atoms with van der Waals surface area (Å²) < 4.78 is 36.5. The van der Waals surface area contributed by atoms with Gasteiger partial charge in [-0.05, 0) is 91.8 Å². The fourth-order valence-corrected chi connectivity index (χ4v) is 7.57. The first kappa shape index (κ1) is 36.9. The standard InChI is InChI=1S/C25H39N6O8P3S/c1-6-25(4,40(43)30(5)27-17-21-9-13-22(14-10-21)38-24(2,3)28-29-26)39-23-11-7-20(8-12-23)15-16-31(18-41(32,33)34)19-42(35,36)37/h7-14,17,40H,6,15-16,18-19H2,1-5H3,(H2,32,33,34)(H2,35,36,37)/b27-17+. The van der Waals surface area contributed by atoms with Gasteiger partial charge in [-0.3, -0.25) is 18.8 Å². The average Bonchev–Trinajstić information content (AvgIpc) is 2.89. The summed E-state index contributed by atoms with van der Waals surface area (Å²) in [5, 5.41) is 7.45. The number of ether oxygens (including phenoxy) is 2. The fraction of sp³-hybridized carbons (Fsp3) is 0.480. The largest absolute Gasteiger partial charge is 0.482 e. The van der Waals surface area contributed by atoms with Crippen molar-refractivity contribution in [1.29, 1.82) is 0 Å². The monoisotopic (exact) mass is 676 g/mol. The second kappa shape index (κ2) is 15.6. The molecule has 0 fully saturated rings. The molecule has 2 atom stereocenters.